The molecule has 1 aliphatic carbocycles. The summed E-state index contributed by atoms with van der Waals surface area (Å²) in [6, 6.07) is 10.9. The highest BCUT2D eigenvalue weighted by Crippen LogP contribution is 2.36. The Hall–Kier alpha value is -1.71. The van der Waals surface area contributed by atoms with Gasteiger partial charge in [-0.2, -0.15) is 0 Å². The molecule has 2 aromatic rings. The van der Waals surface area contributed by atoms with Crippen molar-refractivity contribution in [2.45, 2.75) is 45.1 Å². The van der Waals surface area contributed by atoms with E-state index in [9.17, 15) is 0 Å². The maximum Gasteiger partial charge on any atom is 0.0884 e. The van der Waals surface area contributed by atoms with E-state index in [2.05, 4.69) is 54.6 Å². The lowest BCUT2D eigenvalue weighted by Crippen LogP contribution is -2.30. The van der Waals surface area contributed by atoms with Crippen LogP contribution in [0.5, 0.6) is 0 Å². The van der Waals surface area contributed by atoms with Crippen molar-refractivity contribution in [3.63, 3.8) is 0 Å². The quantitative estimate of drug-likeness (QED) is 0.666. The van der Waals surface area contributed by atoms with Crippen LogP contribution in [0, 0.1) is 13.8 Å². The molecular formula is C18H23N3. The Morgan fingerprint density at radius 3 is 2.43 bits per heavy atom. The lowest BCUT2D eigenvalue weighted by Gasteiger charge is -2.26. The van der Waals surface area contributed by atoms with Crippen LogP contribution >= 0.6 is 0 Å². The van der Waals surface area contributed by atoms with E-state index in [0.29, 0.717) is 0 Å². The molecular weight excluding hydrogens is 258 g/mol. The summed E-state index contributed by atoms with van der Waals surface area (Å²) in [4.78, 5) is 4.57. The first-order valence-electron chi connectivity index (χ1n) is 7.68. The normalized spacial score (nSPS) is 16.5. The second kappa shape index (κ2) is 5.96. The number of nitrogens with two attached hydrogens (primary N) is 1. The summed E-state index contributed by atoms with van der Waals surface area (Å²) in [5.74, 6) is 6.56. The molecule has 1 aliphatic rings. The fraction of sp³-hybridized carbons (Fsp3) is 0.389. The van der Waals surface area contributed by atoms with Crippen molar-refractivity contribution in [1.82, 2.24) is 10.4 Å². The summed E-state index contributed by atoms with van der Waals surface area (Å²) in [5, 5.41) is 0. The molecule has 0 aliphatic heterocycles. The van der Waals surface area contributed by atoms with E-state index in [4.69, 9.17) is 5.84 Å². The van der Waals surface area contributed by atoms with Gasteiger partial charge in [-0.1, -0.05) is 36.8 Å². The average Bonchev–Trinajstić information content (AvgIpc) is 2.42. The molecule has 3 nitrogen and oxygen atoms in total. The number of pyridine rings is 1. The maximum atomic E-state index is 5.79. The number of nitrogens with zero attached hydrogens (tertiary/aromatic N) is 1. The number of nitrogens with one attached hydrogen (secondary N) is 1. The molecule has 1 fully saturated rings. The molecule has 1 aromatic heterocycles. The third-order valence-corrected chi connectivity index (χ3v) is 4.54. The minimum Gasteiger partial charge on any atom is -0.271 e. The van der Waals surface area contributed by atoms with E-state index in [1.807, 2.05) is 6.20 Å². The van der Waals surface area contributed by atoms with E-state index in [-0.39, 0.29) is 6.04 Å². The largest absolute Gasteiger partial charge is 0.271 e. The average molecular weight is 281 g/mol. The van der Waals surface area contributed by atoms with Gasteiger partial charge in [0.25, 0.3) is 0 Å². The maximum absolute atomic E-state index is 5.79. The van der Waals surface area contributed by atoms with Crippen LogP contribution in [-0.2, 0) is 0 Å². The summed E-state index contributed by atoms with van der Waals surface area (Å²) in [6.07, 6.45) is 5.92. The van der Waals surface area contributed by atoms with Crippen molar-refractivity contribution < 1.29 is 0 Å². The minimum atomic E-state index is -0.0546. The van der Waals surface area contributed by atoms with Gasteiger partial charge in [0.1, 0.15) is 0 Å². The predicted molar refractivity (Wildman–Crippen MR) is 85.9 cm³/mol. The lowest BCUT2D eigenvalue weighted by molar-refractivity contribution is 0.419. The topological polar surface area (TPSA) is 50.9 Å². The first kappa shape index (κ1) is 14.2. The van der Waals surface area contributed by atoms with Crippen LogP contribution in [0.1, 0.15) is 59.2 Å². The van der Waals surface area contributed by atoms with Crippen LogP contribution in [0.3, 0.4) is 0 Å². The van der Waals surface area contributed by atoms with Crippen LogP contribution in [0.2, 0.25) is 0 Å². The minimum absolute atomic E-state index is 0.0546. The van der Waals surface area contributed by atoms with Gasteiger partial charge in [-0.05, 0) is 54.9 Å². The van der Waals surface area contributed by atoms with Crippen LogP contribution in [0.15, 0.2) is 36.5 Å². The van der Waals surface area contributed by atoms with Crippen molar-refractivity contribution in [2.75, 3.05) is 0 Å². The van der Waals surface area contributed by atoms with Gasteiger partial charge in [0.15, 0.2) is 0 Å². The zero-order chi connectivity index (χ0) is 14.8. The predicted octanol–water partition coefficient (Wildman–Crippen LogP) is 3.52. The summed E-state index contributed by atoms with van der Waals surface area (Å²) in [7, 11) is 0. The smallest absolute Gasteiger partial charge is 0.0884 e. The Morgan fingerprint density at radius 2 is 1.90 bits per heavy atom. The molecule has 3 heteroatoms. The van der Waals surface area contributed by atoms with Crippen LogP contribution in [0.25, 0.3) is 0 Å². The van der Waals surface area contributed by atoms with E-state index < -0.39 is 0 Å². The van der Waals surface area contributed by atoms with Crippen molar-refractivity contribution >= 4 is 0 Å². The standard InChI is InChI=1S/C18H23N3/c1-12-10-13(2)17(20-11-12)18(21-19)16-8-6-15(7-9-16)14-4-3-5-14/h6-11,14,18,21H,3-5,19H2,1-2H3. The number of hydrogen-bond donors (Lipinski definition) is 2. The van der Waals surface area contributed by atoms with E-state index in [1.54, 1.807) is 0 Å². The Morgan fingerprint density at radius 1 is 1.19 bits per heavy atom. The van der Waals surface area contributed by atoms with Gasteiger partial charge in [0, 0.05) is 6.20 Å². The van der Waals surface area contributed by atoms with Crippen LogP contribution < -0.4 is 11.3 Å². The second-order valence-electron chi connectivity index (χ2n) is 6.11. The first-order valence-corrected chi connectivity index (χ1v) is 7.68. The Kier molecular flexibility index (Phi) is 4.04. The third-order valence-electron chi connectivity index (χ3n) is 4.54. The molecule has 110 valence electrons. The van der Waals surface area contributed by atoms with Gasteiger partial charge in [-0.3, -0.25) is 10.8 Å². The molecule has 3 rings (SSSR count). The molecule has 0 radical (unpaired) electrons. The summed E-state index contributed by atoms with van der Waals surface area (Å²) >= 11 is 0. The number of aromatic nitrogens is 1. The highest BCUT2D eigenvalue weighted by molar-refractivity contribution is 5.36. The zero-order valence-corrected chi connectivity index (χ0v) is 12.8. The van der Waals surface area contributed by atoms with Gasteiger partial charge in [0.2, 0.25) is 0 Å². The summed E-state index contributed by atoms with van der Waals surface area (Å²) in [5.41, 5.74) is 8.87. The molecule has 1 saturated carbocycles. The van der Waals surface area contributed by atoms with E-state index in [1.165, 1.54) is 41.5 Å². The second-order valence-corrected chi connectivity index (χ2v) is 6.11. The van der Waals surface area contributed by atoms with Crippen LogP contribution in [-0.4, -0.2) is 4.98 Å². The molecule has 0 amide bonds. The fourth-order valence-electron chi connectivity index (χ4n) is 3.06. The van der Waals surface area contributed by atoms with Gasteiger partial charge in [-0.15, -0.1) is 0 Å². The Labute approximate surface area is 126 Å². The van der Waals surface area contributed by atoms with E-state index >= 15 is 0 Å². The van der Waals surface area contributed by atoms with Gasteiger partial charge in [0.05, 0.1) is 11.7 Å². The number of hydrazine groups is 1. The molecule has 0 bridgehead atoms. The molecule has 1 atom stereocenters. The SMILES string of the molecule is Cc1cnc(C(NN)c2ccc(C3CCC3)cc2)c(C)c1. The Balaban J connectivity index is 1.88. The number of aryl methyl sites for hydroxylation is 2. The monoisotopic (exact) mass is 281 g/mol. The van der Waals surface area contributed by atoms with Crippen molar-refractivity contribution in [2.24, 2.45) is 5.84 Å². The van der Waals surface area contributed by atoms with Gasteiger partial charge >= 0.3 is 0 Å². The van der Waals surface area contributed by atoms with Gasteiger partial charge in [-0.25, -0.2) is 5.43 Å². The zero-order valence-electron chi connectivity index (χ0n) is 12.8. The molecule has 1 heterocycles. The molecule has 0 saturated heterocycles. The highest BCUT2D eigenvalue weighted by atomic mass is 15.2. The van der Waals surface area contributed by atoms with Crippen LogP contribution in [0.4, 0.5) is 0 Å². The lowest BCUT2D eigenvalue weighted by atomic mass is 9.80. The molecule has 1 aromatic carbocycles. The summed E-state index contributed by atoms with van der Waals surface area (Å²) < 4.78 is 0. The number of rotatable bonds is 4. The number of hydrogen-bond acceptors (Lipinski definition) is 3. The first-order chi connectivity index (χ1) is 10.2. The van der Waals surface area contributed by atoms with Crippen molar-refractivity contribution in [1.29, 1.82) is 0 Å². The highest BCUT2D eigenvalue weighted by Gasteiger charge is 2.21. The molecule has 1 unspecified atom stereocenters. The fourth-order valence-corrected chi connectivity index (χ4v) is 3.06. The van der Waals surface area contributed by atoms with Crippen molar-refractivity contribution in [3.05, 3.63) is 64.5 Å². The molecule has 3 N–H and O–H groups in total. The van der Waals surface area contributed by atoms with Gasteiger partial charge < -0.3 is 0 Å². The van der Waals surface area contributed by atoms with Crippen molar-refractivity contribution in [3.8, 4) is 0 Å². The Bertz CT molecular complexity index is 615. The number of benzene rings is 1. The molecule has 0 spiro atoms. The summed E-state index contributed by atoms with van der Waals surface area (Å²) in [6.45, 7) is 4.14. The van der Waals surface area contributed by atoms with E-state index in [0.717, 1.165) is 11.6 Å². The third kappa shape index (κ3) is 2.85. The molecule has 21 heavy (non-hydrogen) atoms.